The van der Waals surface area contributed by atoms with Crippen LogP contribution in [-0.4, -0.2) is 23.0 Å². The van der Waals surface area contributed by atoms with Crippen LogP contribution in [0, 0.1) is 0 Å². The van der Waals surface area contributed by atoms with Crippen LogP contribution in [0.1, 0.15) is 65.2 Å². The van der Waals surface area contributed by atoms with Gasteiger partial charge in [-0.1, -0.05) is 26.2 Å². The molecule has 0 N–H and O–H groups in total. The van der Waals surface area contributed by atoms with Gasteiger partial charge in [0.15, 0.2) is 0 Å². The number of hydrogen-bond donors (Lipinski definition) is 0. The first-order valence-electron chi connectivity index (χ1n) is 6.60. The van der Waals surface area contributed by atoms with E-state index >= 15 is 0 Å². The molecule has 2 aliphatic rings. The molecule has 14 heavy (non-hydrogen) atoms. The summed E-state index contributed by atoms with van der Waals surface area (Å²) < 4.78 is 0. The topological polar surface area (TPSA) is 3.24 Å². The fourth-order valence-corrected chi connectivity index (χ4v) is 3.62. The van der Waals surface area contributed by atoms with Gasteiger partial charge in [0, 0.05) is 18.1 Å². The molecule has 0 spiro atoms. The first-order valence-corrected chi connectivity index (χ1v) is 6.60. The predicted octanol–water partition coefficient (Wildman–Crippen LogP) is 3.58. The number of hydrogen-bond acceptors (Lipinski definition) is 1. The van der Waals surface area contributed by atoms with Gasteiger partial charge in [0.05, 0.1) is 0 Å². The van der Waals surface area contributed by atoms with E-state index in [-0.39, 0.29) is 0 Å². The molecule has 3 atom stereocenters. The molecule has 82 valence electrons. The lowest BCUT2D eigenvalue weighted by Crippen LogP contribution is -2.53. The highest BCUT2D eigenvalue weighted by Gasteiger charge is 2.35. The Balaban J connectivity index is 2.02. The average molecular weight is 195 g/mol. The number of piperidine rings is 2. The zero-order valence-electron chi connectivity index (χ0n) is 9.84. The summed E-state index contributed by atoms with van der Waals surface area (Å²) in [4.78, 5) is 2.87. The summed E-state index contributed by atoms with van der Waals surface area (Å²) in [6.45, 7) is 4.78. The van der Waals surface area contributed by atoms with Crippen LogP contribution in [0.2, 0.25) is 0 Å². The fraction of sp³-hybridized carbons (Fsp3) is 1.00. The summed E-state index contributed by atoms with van der Waals surface area (Å²) in [5.41, 5.74) is 0. The highest BCUT2D eigenvalue weighted by molar-refractivity contribution is 4.90. The van der Waals surface area contributed by atoms with Gasteiger partial charge in [-0.05, 0) is 39.0 Å². The molecule has 0 amide bonds. The third-order valence-electron chi connectivity index (χ3n) is 4.21. The maximum absolute atomic E-state index is 2.87. The number of nitrogens with zero attached hydrogens (tertiary/aromatic N) is 1. The molecule has 0 aliphatic carbocycles. The minimum Gasteiger partial charge on any atom is -0.295 e. The first kappa shape index (κ1) is 10.5. The van der Waals surface area contributed by atoms with Gasteiger partial charge in [-0.15, -0.1) is 0 Å². The molecule has 0 aromatic rings. The van der Waals surface area contributed by atoms with Crippen LogP contribution in [0.15, 0.2) is 0 Å². The second kappa shape index (κ2) is 4.65. The minimum absolute atomic E-state index is 0.866. The summed E-state index contributed by atoms with van der Waals surface area (Å²) >= 11 is 0. The van der Waals surface area contributed by atoms with Gasteiger partial charge in [-0.25, -0.2) is 0 Å². The molecule has 2 heterocycles. The molecule has 2 aliphatic heterocycles. The lowest BCUT2D eigenvalue weighted by atomic mass is 9.84. The smallest absolute Gasteiger partial charge is 0.0101 e. The quantitative estimate of drug-likeness (QED) is 0.651. The molecule has 2 fully saturated rings. The first-order chi connectivity index (χ1) is 6.83. The normalized spacial score (nSPS) is 39.4. The standard InChI is InChI=1S/C13H25N/c1-3-6-12-9-5-10-13-8-4-7-11(2)14(12)13/h11-13H,3-10H2,1-2H3/t11-,12-,13-/m0/s1. The zero-order chi connectivity index (χ0) is 9.97. The van der Waals surface area contributed by atoms with Crippen molar-refractivity contribution in [1.29, 1.82) is 0 Å². The molecule has 1 nitrogen and oxygen atoms in total. The molecular formula is C13H25N. The van der Waals surface area contributed by atoms with Crippen molar-refractivity contribution in [3.05, 3.63) is 0 Å². The molecule has 0 bridgehead atoms. The Hall–Kier alpha value is -0.0400. The van der Waals surface area contributed by atoms with Gasteiger partial charge >= 0.3 is 0 Å². The Morgan fingerprint density at radius 2 is 1.79 bits per heavy atom. The third-order valence-corrected chi connectivity index (χ3v) is 4.21. The van der Waals surface area contributed by atoms with Crippen molar-refractivity contribution in [3.8, 4) is 0 Å². The Bertz CT molecular complexity index is 174. The second-order valence-electron chi connectivity index (χ2n) is 5.25. The maximum atomic E-state index is 2.87. The summed E-state index contributed by atoms with van der Waals surface area (Å²) in [6.07, 6.45) is 11.6. The van der Waals surface area contributed by atoms with E-state index in [4.69, 9.17) is 0 Å². The molecule has 2 saturated heterocycles. The van der Waals surface area contributed by atoms with E-state index < -0.39 is 0 Å². The molecule has 0 radical (unpaired) electrons. The van der Waals surface area contributed by atoms with Crippen LogP contribution < -0.4 is 0 Å². The molecule has 0 unspecified atom stereocenters. The molecule has 2 rings (SSSR count). The van der Waals surface area contributed by atoms with E-state index in [1.165, 1.54) is 51.4 Å². The van der Waals surface area contributed by atoms with Crippen molar-refractivity contribution in [2.24, 2.45) is 0 Å². The van der Waals surface area contributed by atoms with Crippen LogP contribution in [-0.2, 0) is 0 Å². The van der Waals surface area contributed by atoms with Crippen molar-refractivity contribution in [1.82, 2.24) is 4.90 Å². The molecule has 0 aromatic carbocycles. The van der Waals surface area contributed by atoms with Crippen LogP contribution >= 0.6 is 0 Å². The van der Waals surface area contributed by atoms with Crippen LogP contribution in [0.4, 0.5) is 0 Å². The van der Waals surface area contributed by atoms with Crippen molar-refractivity contribution < 1.29 is 0 Å². The Morgan fingerprint density at radius 3 is 2.50 bits per heavy atom. The van der Waals surface area contributed by atoms with Gasteiger partial charge in [0.1, 0.15) is 0 Å². The molecule has 0 aromatic heterocycles. The Morgan fingerprint density at radius 1 is 1.07 bits per heavy atom. The number of fused-ring (bicyclic) bond motifs is 1. The molecule has 1 heteroatoms. The van der Waals surface area contributed by atoms with E-state index in [1.807, 2.05) is 0 Å². The minimum atomic E-state index is 0.866. The van der Waals surface area contributed by atoms with Gasteiger partial charge in [0.2, 0.25) is 0 Å². The monoisotopic (exact) mass is 195 g/mol. The van der Waals surface area contributed by atoms with E-state index in [1.54, 1.807) is 0 Å². The summed E-state index contributed by atoms with van der Waals surface area (Å²) in [7, 11) is 0. The van der Waals surface area contributed by atoms with E-state index in [9.17, 15) is 0 Å². The van der Waals surface area contributed by atoms with Gasteiger partial charge in [-0.2, -0.15) is 0 Å². The van der Waals surface area contributed by atoms with Crippen LogP contribution in [0.25, 0.3) is 0 Å². The Labute approximate surface area is 88.9 Å². The van der Waals surface area contributed by atoms with Crippen LogP contribution in [0.5, 0.6) is 0 Å². The second-order valence-corrected chi connectivity index (χ2v) is 5.25. The van der Waals surface area contributed by atoms with Crippen molar-refractivity contribution in [3.63, 3.8) is 0 Å². The zero-order valence-corrected chi connectivity index (χ0v) is 9.84. The predicted molar refractivity (Wildman–Crippen MR) is 61.5 cm³/mol. The van der Waals surface area contributed by atoms with Gasteiger partial charge in [0.25, 0.3) is 0 Å². The van der Waals surface area contributed by atoms with Crippen LogP contribution in [0.3, 0.4) is 0 Å². The lowest BCUT2D eigenvalue weighted by molar-refractivity contribution is 0.00763. The Kier molecular flexibility index (Phi) is 3.48. The van der Waals surface area contributed by atoms with Crippen molar-refractivity contribution in [2.45, 2.75) is 83.3 Å². The largest absolute Gasteiger partial charge is 0.295 e. The summed E-state index contributed by atoms with van der Waals surface area (Å²) in [6, 6.07) is 2.74. The summed E-state index contributed by atoms with van der Waals surface area (Å²) in [5, 5.41) is 0. The van der Waals surface area contributed by atoms with E-state index in [0.29, 0.717) is 0 Å². The number of rotatable bonds is 2. The maximum Gasteiger partial charge on any atom is 0.0101 e. The highest BCUT2D eigenvalue weighted by atomic mass is 15.2. The average Bonchev–Trinajstić information content (AvgIpc) is 2.19. The van der Waals surface area contributed by atoms with Crippen molar-refractivity contribution in [2.75, 3.05) is 0 Å². The molecule has 0 saturated carbocycles. The molecular weight excluding hydrogens is 170 g/mol. The van der Waals surface area contributed by atoms with E-state index in [2.05, 4.69) is 18.7 Å². The SMILES string of the molecule is CCC[C@H]1CCC[C@@H]2CCC[C@H](C)N21. The highest BCUT2D eigenvalue weighted by Crippen LogP contribution is 2.35. The summed E-state index contributed by atoms with van der Waals surface area (Å²) in [5.74, 6) is 0. The lowest BCUT2D eigenvalue weighted by Gasteiger charge is -2.49. The van der Waals surface area contributed by atoms with Gasteiger partial charge < -0.3 is 0 Å². The van der Waals surface area contributed by atoms with Gasteiger partial charge in [-0.3, -0.25) is 4.90 Å². The van der Waals surface area contributed by atoms with E-state index in [0.717, 1.165) is 18.1 Å². The third kappa shape index (κ3) is 1.98. The fourth-order valence-electron chi connectivity index (χ4n) is 3.62. The van der Waals surface area contributed by atoms with Crippen molar-refractivity contribution >= 4 is 0 Å².